The zero-order valence-electron chi connectivity index (χ0n) is 6.21. The summed E-state index contributed by atoms with van der Waals surface area (Å²) in [5.41, 5.74) is 0.0257. The molecule has 0 radical (unpaired) electrons. The molecule has 0 aliphatic heterocycles. The molecule has 0 spiro atoms. The Balaban J connectivity index is 2.91. The van der Waals surface area contributed by atoms with E-state index in [4.69, 9.17) is 20.4 Å². The van der Waals surface area contributed by atoms with E-state index in [1.807, 2.05) is 0 Å². The van der Waals surface area contributed by atoms with Crippen LogP contribution in [0, 0.1) is 0 Å². The predicted molar refractivity (Wildman–Crippen MR) is 38.2 cm³/mol. The van der Waals surface area contributed by atoms with Crippen molar-refractivity contribution in [3.8, 4) is 0 Å². The highest BCUT2D eigenvalue weighted by atomic mass is 16.4. The molecule has 0 saturated heterocycles. The summed E-state index contributed by atoms with van der Waals surface area (Å²) in [6.45, 7) is -0.503. The van der Waals surface area contributed by atoms with Crippen LogP contribution in [0.15, 0.2) is 11.6 Å². The van der Waals surface area contributed by atoms with Gasteiger partial charge in [0, 0.05) is 0 Å². The van der Waals surface area contributed by atoms with Gasteiger partial charge in [-0.05, 0) is 11.6 Å². The van der Waals surface area contributed by atoms with Crippen LogP contribution in [-0.4, -0.2) is 51.1 Å². The summed E-state index contributed by atoms with van der Waals surface area (Å²) in [5, 5.41) is 35.7. The minimum absolute atomic E-state index is 0.0257. The lowest BCUT2D eigenvalue weighted by Crippen LogP contribution is -2.46. The molecule has 12 heavy (non-hydrogen) atoms. The third-order valence-corrected chi connectivity index (χ3v) is 1.83. The second kappa shape index (κ2) is 3.32. The molecule has 0 aromatic rings. The van der Waals surface area contributed by atoms with Gasteiger partial charge < -0.3 is 20.4 Å². The largest absolute Gasteiger partial charge is 0.392 e. The lowest BCUT2D eigenvalue weighted by atomic mass is 9.91. The first-order chi connectivity index (χ1) is 5.57. The molecule has 5 heteroatoms. The fraction of sp³-hybridized carbons (Fsp3) is 0.571. The van der Waals surface area contributed by atoms with Gasteiger partial charge in [-0.3, -0.25) is 4.79 Å². The number of hydrogen-bond donors (Lipinski definition) is 4. The first-order valence-electron chi connectivity index (χ1n) is 3.47. The summed E-state index contributed by atoms with van der Waals surface area (Å²) >= 11 is 0. The van der Waals surface area contributed by atoms with Gasteiger partial charge in [0.2, 0.25) is 0 Å². The quantitative estimate of drug-likeness (QED) is 0.354. The average molecular weight is 174 g/mol. The van der Waals surface area contributed by atoms with Gasteiger partial charge in [-0.25, -0.2) is 0 Å². The number of rotatable bonds is 1. The molecule has 0 aromatic carbocycles. The van der Waals surface area contributed by atoms with E-state index in [1.165, 1.54) is 0 Å². The summed E-state index contributed by atoms with van der Waals surface area (Å²) < 4.78 is 0. The first kappa shape index (κ1) is 9.34. The molecular formula is C7H10O5. The fourth-order valence-electron chi connectivity index (χ4n) is 1.05. The van der Waals surface area contributed by atoms with Crippen molar-refractivity contribution in [2.24, 2.45) is 0 Å². The van der Waals surface area contributed by atoms with Crippen LogP contribution < -0.4 is 0 Å². The van der Waals surface area contributed by atoms with Gasteiger partial charge in [0.05, 0.1) is 6.61 Å². The molecule has 4 N–H and O–H groups in total. The topological polar surface area (TPSA) is 98.0 Å². The molecule has 68 valence electrons. The van der Waals surface area contributed by atoms with Gasteiger partial charge in [-0.2, -0.15) is 0 Å². The number of carbonyl (C=O) groups excluding carboxylic acids is 1. The molecule has 0 fully saturated rings. The Hall–Kier alpha value is -0.750. The maximum Gasteiger partial charge on any atom is 0.187 e. The Kier molecular flexibility index (Phi) is 2.58. The molecule has 0 aromatic heterocycles. The zero-order valence-corrected chi connectivity index (χ0v) is 6.21. The lowest BCUT2D eigenvalue weighted by Gasteiger charge is -2.26. The third kappa shape index (κ3) is 1.39. The fourth-order valence-corrected chi connectivity index (χ4v) is 1.05. The number of carbonyl (C=O) groups is 1. The van der Waals surface area contributed by atoms with Gasteiger partial charge in [0.15, 0.2) is 5.78 Å². The highest BCUT2D eigenvalue weighted by Crippen LogP contribution is 2.16. The Labute approximate surface area is 68.6 Å². The number of ketones is 1. The molecule has 1 aliphatic carbocycles. The molecule has 0 saturated carbocycles. The van der Waals surface area contributed by atoms with Crippen LogP contribution in [0.1, 0.15) is 0 Å². The third-order valence-electron chi connectivity index (χ3n) is 1.83. The van der Waals surface area contributed by atoms with Crippen molar-refractivity contribution in [1.29, 1.82) is 0 Å². The van der Waals surface area contributed by atoms with Crippen LogP contribution in [0.25, 0.3) is 0 Å². The van der Waals surface area contributed by atoms with Crippen LogP contribution in [0.2, 0.25) is 0 Å². The van der Waals surface area contributed by atoms with Gasteiger partial charge in [0.25, 0.3) is 0 Å². The summed E-state index contributed by atoms with van der Waals surface area (Å²) in [7, 11) is 0. The maximum absolute atomic E-state index is 10.8. The molecule has 0 heterocycles. The summed E-state index contributed by atoms with van der Waals surface area (Å²) in [6, 6.07) is 0. The standard InChI is InChI=1S/C7H10O5/c8-2-3-1-4(9)6(11)7(12)5(3)10/h1,5-8,10-12H,2H2/t5-,6+,7+/m0/s1. The van der Waals surface area contributed by atoms with E-state index in [0.29, 0.717) is 0 Å². The van der Waals surface area contributed by atoms with E-state index >= 15 is 0 Å². The van der Waals surface area contributed by atoms with Gasteiger partial charge in [-0.1, -0.05) is 0 Å². The summed E-state index contributed by atoms with van der Waals surface area (Å²) in [4.78, 5) is 10.8. The molecule has 0 bridgehead atoms. The van der Waals surface area contributed by atoms with Crippen molar-refractivity contribution in [3.63, 3.8) is 0 Å². The van der Waals surface area contributed by atoms with E-state index in [1.54, 1.807) is 0 Å². The van der Waals surface area contributed by atoms with Gasteiger partial charge in [-0.15, -0.1) is 0 Å². The Bertz CT molecular complexity index is 222. The van der Waals surface area contributed by atoms with Crippen molar-refractivity contribution in [3.05, 3.63) is 11.6 Å². The number of aliphatic hydroxyl groups is 4. The molecule has 1 aliphatic rings. The second-order valence-electron chi connectivity index (χ2n) is 2.66. The van der Waals surface area contributed by atoms with E-state index in [9.17, 15) is 4.79 Å². The summed E-state index contributed by atoms with van der Waals surface area (Å²) in [5.74, 6) is -0.697. The van der Waals surface area contributed by atoms with Gasteiger partial charge in [0.1, 0.15) is 18.3 Å². The molecule has 0 amide bonds. The van der Waals surface area contributed by atoms with Crippen LogP contribution in [-0.2, 0) is 4.79 Å². The average Bonchev–Trinajstić information content (AvgIpc) is 2.08. The van der Waals surface area contributed by atoms with Crippen molar-refractivity contribution in [2.75, 3.05) is 6.61 Å². The van der Waals surface area contributed by atoms with Crippen LogP contribution >= 0.6 is 0 Å². The van der Waals surface area contributed by atoms with Crippen molar-refractivity contribution >= 4 is 5.78 Å². The monoisotopic (exact) mass is 174 g/mol. The normalized spacial score (nSPS) is 36.5. The smallest absolute Gasteiger partial charge is 0.187 e. The molecule has 5 nitrogen and oxygen atoms in total. The van der Waals surface area contributed by atoms with E-state index < -0.39 is 30.7 Å². The lowest BCUT2D eigenvalue weighted by molar-refractivity contribution is -0.134. The highest BCUT2D eigenvalue weighted by Gasteiger charge is 2.35. The molecule has 0 unspecified atom stereocenters. The van der Waals surface area contributed by atoms with E-state index in [-0.39, 0.29) is 5.57 Å². The Morgan fingerprint density at radius 1 is 1.25 bits per heavy atom. The Morgan fingerprint density at radius 2 is 1.83 bits per heavy atom. The summed E-state index contributed by atoms with van der Waals surface area (Å²) in [6.07, 6.45) is -3.54. The van der Waals surface area contributed by atoms with Crippen LogP contribution in [0.4, 0.5) is 0 Å². The van der Waals surface area contributed by atoms with Crippen LogP contribution in [0.5, 0.6) is 0 Å². The van der Waals surface area contributed by atoms with Crippen LogP contribution in [0.3, 0.4) is 0 Å². The van der Waals surface area contributed by atoms with Crippen molar-refractivity contribution < 1.29 is 25.2 Å². The van der Waals surface area contributed by atoms with Crippen molar-refractivity contribution in [2.45, 2.75) is 18.3 Å². The Morgan fingerprint density at radius 3 is 2.33 bits per heavy atom. The van der Waals surface area contributed by atoms with Crippen molar-refractivity contribution in [1.82, 2.24) is 0 Å². The first-order valence-corrected chi connectivity index (χ1v) is 3.47. The molecule has 1 rings (SSSR count). The van der Waals surface area contributed by atoms with E-state index in [0.717, 1.165) is 6.08 Å². The number of hydrogen-bond acceptors (Lipinski definition) is 5. The highest BCUT2D eigenvalue weighted by molar-refractivity contribution is 5.95. The molecular weight excluding hydrogens is 164 g/mol. The minimum atomic E-state index is -1.59. The maximum atomic E-state index is 10.8. The number of aliphatic hydroxyl groups excluding tert-OH is 4. The predicted octanol–water partition coefficient (Wildman–Crippen LogP) is -2.43. The zero-order chi connectivity index (χ0) is 9.30. The second-order valence-corrected chi connectivity index (χ2v) is 2.66. The SMILES string of the molecule is O=C1C=C(CO)[C@H](O)[C@@H](O)[C@@H]1O. The molecule has 3 atom stereocenters. The van der Waals surface area contributed by atoms with Gasteiger partial charge >= 0.3 is 0 Å². The van der Waals surface area contributed by atoms with E-state index in [2.05, 4.69) is 0 Å². The minimum Gasteiger partial charge on any atom is -0.392 e.